The zero-order chi connectivity index (χ0) is 15.6. The molecule has 1 aromatic rings. The number of ether oxygens (including phenoxy) is 1. The van der Waals surface area contributed by atoms with Crippen LogP contribution in [-0.4, -0.2) is 56.0 Å². The number of rotatable bonds is 3. The molecule has 0 aliphatic carbocycles. The van der Waals surface area contributed by atoms with Gasteiger partial charge in [0.2, 0.25) is 0 Å². The number of nitrogens with zero attached hydrogens (tertiary/aromatic N) is 1. The highest BCUT2D eigenvalue weighted by molar-refractivity contribution is 8.00. The lowest BCUT2D eigenvalue weighted by Crippen LogP contribution is -2.50. The van der Waals surface area contributed by atoms with Crippen molar-refractivity contribution in [1.29, 1.82) is 0 Å². The molecular formula is C13H16FNO4S2. The van der Waals surface area contributed by atoms with Crippen molar-refractivity contribution in [2.75, 3.05) is 31.4 Å². The molecule has 1 saturated heterocycles. The third-order valence-electron chi connectivity index (χ3n) is 3.25. The van der Waals surface area contributed by atoms with Crippen molar-refractivity contribution < 1.29 is 22.3 Å². The van der Waals surface area contributed by atoms with Crippen molar-refractivity contribution >= 4 is 27.5 Å². The van der Waals surface area contributed by atoms with E-state index in [9.17, 15) is 17.6 Å². The number of methoxy groups -OCH3 is 1. The maximum Gasteiger partial charge on any atom is 0.257 e. The number of hydrogen-bond acceptors (Lipinski definition) is 5. The molecule has 1 heterocycles. The van der Waals surface area contributed by atoms with Gasteiger partial charge in [0, 0.05) is 30.4 Å². The molecule has 1 aliphatic heterocycles. The molecule has 1 aromatic carbocycles. The van der Waals surface area contributed by atoms with Crippen LogP contribution in [0.1, 0.15) is 10.4 Å². The van der Waals surface area contributed by atoms with Gasteiger partial charge in [0.25, 0.3) is 5.91 Å². The molecule has 0 spiro atoms. The summed E-state index contributed by atoms with van der Waals surface area (Å²) in [6.45, 7) is 0.284. The van der Waals surface area contributed by atoms with Gasteiger partial charge in [-0.2, -0.15) is 11.8 Å². The Labute approximate surface area is 127 Å². The molecule has 21 heavy (non-hydrogen) atoms. The fourth-order valence-corrected chi connectivity index (χ4v) is 4.93. The highest BCUT2D eigenvalue weighted by Gasteiger charge is 2.35. The van der Waals surface area contributed by atoms with Crippen LogP contribution in [0.2, 0.25) is 0 Å². The van der Waals surface area contributed by atoms with Crippen molar-refractivity contribution in [1.82, 2.24) is 4.90 Å². The normalized spacial score (nSPS) is 19.4. The molecule has 0 saturated carbocycles. The summed E-state index contributed by atoms with van der Waals surface area (Å²) in [5.41, 5.74) is -0.142. The van der Waals surface area contributed by atoms with E-state index in [4.69, 9.17) is 4.74 Å². The van der Waals surface area contributed by atoms with Gasteiger partial charge >= 0.3 is 0 Å². The first kappa shape index (κ1) is 16.1. The summed E-state index contributed by atoms with van der Waals surface area (Å²) < 4.78 is 42.5. The molecule has 1 unspecified atom stereocenters. The van der Waals surface area contributed by atoms with Crippen LogP contribution in [0.5, 0.6) is 5.75 Å². The summed E-state index contributed by atoms with van der Waals surface area (Å²) in [7, 11) is -2.02. The molecular weight excluding hydrogens is 317 g/mol. The van der Waals surface area contributed by atoms with E-state index < -0.39 is 26.9 Å². The molecule has 116 valence electrons. The number of hydrogen-bond donors (Lipinski definition) is 0. The number of halogens is 1. The highest BCUT2D eigenvalue weighted by atomic mass is 32.2. The van der Waals surface area contributed by atoms with E-state index in [0.29, 0.717) is 17.3 Å². The number of amides is 1. The van der Waals surface area contributed by atoms with Crippen LogP contribution >= 0.6 is 11.8 Å². The van der Waals surface area contributed by atoms with E-state index in [0.717, 1.165) is 12.3 Å². The van der Waals surface area contributed by atoms with Crippen molar-refractivity contribution in [3.63, 3.8) is 0 Å². The molecule has 1 aliphatic rings. The van der Waals surface area contributed by atoms with Gasteiger partial charge < -0.3 is 9.64 Å². The van der Waals surface area contributed by atoms with E-state index in [-0.39, 0.29) is 12.1 Å². The summed E-state index contributed by atoms with van der Waals surface area (Å²) in [4.78, 5) is 13.7. The second-order valence-corrected chi connectivity index (χ2v) is 8.06. The first-order chi connectivity index (χ1) is 9.84. The number of carbonyl (C=O) groups is 1. The number of sulfone groups is 1. The lowest BCUT2D eigenvalue weighted by Gasteiger charge is -2.34. The first-order valence-electron chi connectivity index (χ1n) is 6.25. The average Bonchev–Trinajstić information content (AvgIpc) is 2.45. The molecule has 0 N–H and O–H groups in total. The summed E-state index contributed by atoms with van der Waals surface area (Å²) in [6.07, 6.45) is 1.09. The maximum atomic E-state index is 14.0. The second-order valence-electron chi connectivity index (χ2n) is 4.70. The largest absolute Gasteiger partial charge is 0.497 e. The van der Waals surface area contributed by atoms with Gasteiger partial charge in [0.15, 0.2) is 9.84 Å². The van der Waals surface area contributed by atoms with E-state index in [1.54, 1.807) is 0 Å². The first-order valence-corrected chi connectivity index (χ1v) is 9.36. The maximum absolute atomic E-state index is 14.0. The molecule has 0 radical (unpaired) electrons. The van der Waals surface area contributed by atoms with Gasteiger partial charge in [-0.25, -0.2) is 12.8 Å². The summed E-state index contributed by atoms with van der Waals surface area (Å²) in [6, 6.07) is 3.91. The van der Waals surface area contributed by atoms with Gasteiger partial charge in [0.1, 0.15) is 16.9 Å². The number of carbonyl (C=O) groups excluding carboxylic acids is 1. The van der Waals surface area contributed by atoms with E-state index in [1.165, 1.54) is 35.9 Å². The third kappa shape index (κ3) is 3.49. The Kier molecular flexibility index (Phi) is 4.77. The quantitative estimate of drug-likeness (QED) is 0.836. The molecule has 1 atom stereocenters. The fraction of sp³-hybridized carbons (Fsp3) is 0.462. The minimum atomic E-state index is -3.42. The molecule has 1 fully saturated rings. The smallest absolute Gasteiger partial charge is 0.257 e. The van der Waals surface area contributed by atoms with Crippen molar-refractivity contribution in [3.8, 4) is 5.75 Å². The van der Waals surface area contributed by atoms with Gasteiger partial charge in [-0.05, 0) is 12.1 Å². The molecule has 8 heteroatoms. The zero-order valence-corrected chi connectivity index (χ0v) is 13.3. The SMILES string of the molecule is COc1ccc(C(=O)N2CCSCC2S(C)(=O)=O)c(F)c1. The van der Waals surface area contributed by atoms with Crippen LogP contribution in [-0.2, 0) is 9.84 Å². The summed E-state index contributed by atoms with van der Waals surface area (Å²) in [5, 5.41) is -0.912. The number of thioether (sulfide) groups is 1. The predicted molar refractivity (Wildman–Crippen MR) is 79.9 cm³/mol. The lowest BCUT2D eigenvalue weighted by molar-refractivity contribution is 0.0745. The molecule has 0 bridgehead atoms. The topological polar surface area (TPSA) is 63.7 Å². The second kappa shape index (κ2) is 6.23. The van der Waals surface area contributed by atoms with Gasteiger partial charge in [-0.15, -0.1) is 0 Å². The summed E-state index contributed by atoms with van der Waals surface area (Å²) >= 11 is 1.47. The Morgan fingerprint density at radius 2 is 2.19 bits per heavy atom. The highest BCUT2D eigenvalue weighted by Crippen LogP contribution is 2.24. The van der Waals surface area contributed by atoms with Crippen LogP contribution in [0.15, 0.2) is 18.2 Å². The van der Waals surface area contributed by atoms with Crippen molar-refractivity contribution in [3.05, 3.63) is 29.6 Å². The van der Waals surface area contributed by atoms with Crippen LogP contribution in [0.3, 0.4) is 0 Å². The fourth-order valence-electron chi connectivity index (χ4n) is 2.12. The van der Waals surface area contributed by atoms with Gasteiger partial charge in [-0.3, -0.25) is 4.79 Å². The Morgan fingerprint density at radius 1 is 1.48 bits per heavy atom. The van der Waals surface area contributed by atoms with Crippen LogP contribution in [0.4, 0.5) is 4.39 Å². The molecule has 5 nitrogen and oxygen atoms in total. The number of benzene rings is 1. The Morgan fingerprint density at radius 3 is 2.76 bits per heavy atom. The monoisotopic (exact) mass is 333 g/mol. The average molecular weight is 333 g/mol. The lowest BCUT2D eigenvalue weighted by atomic mass is 10.1. The van der Waals surface area contributed by atoms with Crippen molar-refractivity contribution in [2.45, 2.75) is 5.37 Å². The predicted octanol–water partition coefficient (Wildman–Crippen LogP) is 1.39. The Hall–Kier alpha value is -1.28. The standard InChI is InChI=1S/C13H16FNO4S2/c1-19-9-3-4-10(11(14)7-9)13(16)15-5-6-20-8-12(15)21(2,17)18/h3-4,7,12H,5-6,8H2,1-2H3. The van der Waals surface area contributed by atoms with E-state index in [2.05, 4.69) is 0 Å². The minimum absolute atomic E-state index is 0.142. The third-order valence-corrected chi connectivity index (χ3v) is 5.89. The van der Waals surface area contributed by atoms with E-state index >= 15 is 0 Å². The summed E-state index contributed by atoms with van der Waals surface area (Å²) in [5.74, 6) is -0.0775. The van der Waals surface area contributed by atoms with Gasteiger partial charge in [-0.1, -0.05) is 0 Å². The van der Waals surface area contributed by atoms with E-state index in [1.807, 2.05) is 0 Å². The van der Waals surface area contributed by atoms with Crippen LogP contribution in [0.25, 0.3) is 0 Å². The molecule has 0 aromatic heterocycles. The molecule has 1 amide bonds. The minimum Gasteiger partial charge on any atom is -0.497 e. The van der Waals surface area contributed by atoms with Crippen LogP contribution < -0.4 is 4.74 Å². The van der Waals surface area contributed by atoms with Crippen molar-refractivity contribution in [2.24, 2.45) is 0 Å². The Bertz CT molecular complexity index is 648. The Balaban J connectivity index is 2.33. The van der Waals surface area contributed by atoms with Gasteiger partial charge in [0.05, 0.1) is 12.7 Å². The zero-order valence-electron chi connectivity index (χ0n) is 11.7. The van der Waals surface area contributed by atoms with Crippen LogP contribution in [0, 0.1) is 5.82 Å². The molecule has 2 rings (SSSR count).